The first-order valence-electron chi connectivity index (χ1n) is 10.6. The molecule has 8 nitrogen and oxygen atoms in total. The van der Waals surface area contributed by atoms with E-state index in [1.54, 1.807) is 30.3 Å². The minimum Gasteiger partial charge on any atom is -0.494 e. The third-order valence-corrected chi connectivity index (χ3v) is 6.74. The number of esters is 1. The molecule has 168 valence electrons. The first kappa shape index (κ1) is 22.0. The molecule has 2 aliphatic heterocycles. The van der Waals surface area contributed by atoms with Crippen LogP contribution in [-0.4, -0.2) is 45.8 Å². The molecule has 0 radical (unpaired) electrons. The lowest BCUT2D eigenvalue weighted by atomic mass is 10.1. The number of Topliss-reactive ketones (excluding diaryl/α,β-unsaturated/α-hetero) is 1. The number of fused-ring (bicyclic) bond motifs is 3. The number of rotatable bonds is 6. The molecule has 2 heterocycles. The molecule has 1 fully saturated rings. The van der Waals surface area contributed by atoms with Gasteiger partial charge in [-0.15, -0.1) is 4.40 Å². The Morgan fingerprint density at radius 3 is 2.53 bits per heavy atom. The van der Waals surface area contributed by atoms with Crippen LogP contribution >= 0.6 is 0 Å². The van der Waals surface area contributed by atoms with Gasteiger partial charge in [0.2, 0.25) is 0 Å². The van der Waals surface area contributed by atoms with Gasteiger partial charge in [-0.25, -0.2) is 4.79 Å². The van der Waals surface area contributed by atoms with E-state index in [-0.39, 0.29) is 16.2 Å². The normalized spacial score (nSPS) is 16.8. The number of benzene rings is 2. The first-order valence-corrected chi connectivity index (χ1v) is 12.0. The number of ketones is 1. The van der Waals surface area contributed by atoms with E-state index < -0.39 is 22.6 Å². The van der Waals surface area contributed by atoms with E-state index in [2.05, 4.69) is 4.40 Å². The van der Waals surface area contributed by atoms with Gasteiger partial charge >= 0.3 is 5.97 Å². The fraction of sp³-hybridized carbons (Fsp3) is 0.348. The Balaban J connectivity index is 1.48. The van der Waals surface area contributed by atoms with Crippen LogP contribution in [0.25, 0.3) is 0 Å². The maximum absolute atomic E-state index is 12.7. The molecule has 2 aromatic carbocycles. The van der Waals surface area contributed by atoms with Crippen LogP contribution in [0.2, 0.25) is 0 Å². The van der Waals surface area contributed by atoms with E-state index in [0.29, 0.717) is 42.4 Å². The Hall–Kier alpha value is -3.20. The summed E-state index contributed by atoms with van der Waals surface area (Å²) >= 11 is 0. The Morgan fingerprint density at radius 1 is 1.03 bits per heavy atom. The maximum Gasteiger partial charge on any atom is 0.338 e. The smallest absolute Gasteiger partial charge is 0.338 e. The van der Waals surface area contributed by atoms with Gasteiger partial charge in [-0.2, -0.15) is 8.42 Å². The average molecular weight is 457 g/mol. The van der Waals surface area contributed by atoms with E-state index in [0.717, 1.165) is 19.3 Å². The highest BCUT2D eigenvalue weighted by Gasteiger charge is 2.32. The average Bonchev–Trinajstić information content (AvgIpc) is 3.02. The molecule has 32 heavy (non-hydrogen) atoms. The molecule has 0 unspecified atom stereocenters. The van der Waals surface area contributed by atoms with Crippen molar-refractivity contribution in [3.05, 3.63) is 53.6 Å². The van der Waals surface area contributed by atoms with E-state index >= 15 is 0 Å². The summed E-state index contributed by atoms with van der Waals surface area (Å²) in [5, 5.41) is 0. The number of anilines is 1. The monoisotopic (exact) mass is 456 g/mol. The van der Waals surface area contributed by atoms with Crippen LogP contribution in [0.1, 0.15) is 53.3 Å². The first-order chi connectivity index (χ1) is 15.4. The molecule has 0 aliphatic carbocycles. The molecule has 0 bridgehead atoms. The van der Waals surface area contributed by atoms with E-state index in [1.165, 1.54) is 12.1 Å². The van der Waals surface area contributed by atoms with Gasteiger partial charge in [-0.05, 0) is 62.2 Å². The summed E-state index contributed by atoms with van der Waals surface area (Å²) in [4.78, 5) is 26.7. The largest absolute Gasteiger partial charge is 0.494 e. The molecule has 0 aromatic heterocycles. The quantitative estimate of drug-likeness (QED) is 0.483. The molecule has 4 rings (SSSR count). The number of amidine groups is 1. The number of ether oxygens (including phenoxy) is 2. The third kappa shape index (κ3) is 4.52. The van der Waals surface area contributed by atoms with Crippen molar-refractivity contribution in [1.82, 2.24) is 0 Å². The fourth-order valence-electron chi connectivity index (χ4n) is 3.81. The lowest BCUT2D eigenvalue weighted by molar-refractivity contribution is 0.0474. The standard InChI is InChI=1S/C23H24N2O6S/c1-2-30-18-10-7-16(8-11-18)20(26)15-31-23(27)17-9-12-19-21(14-17)32(28,29)24-22-6-4-3-5-13-25(19)22/h7-12,14H,2-6,13,15H2,1H3. The predicted octanol–water partition coefficient (Wildman–Crippen LogP) is 3.61. The van der Waals surface area contributed by atoms with Crippen molar-refractivity contribution in [1.29, 1.82) is 0 Å². The second-order valence-electron chi connectivity index (χ2n) is 7.58. The summed E-state index contributed by atoms with van der Waals surface area (Å²) in [7, 11) is -3.91. The molecule has 0 spiro atoms. The Bertz CT molecular complexity index is 1170. The summed E-state index contributed by atoms with van der Waals surface area (Å²) in [6, 6.07) is 10.9. The Morgan fingerprint density at radius 2 is 1.78 bits per heavy atom. The Kier molecular flexibility index (Phi) is 6.27. The molecule has 2 aliphatic rings. The molecule has 2 aromatic rings. The molecular weight excluding hydrogens is 432 g/mol. The van der Waals surface area contributed by atoms with Crippen molar-refractivity contribution in [2.75, 3.05) is 24.7 Å². The van der Waals surface area contributed by atoms with Gasteiger partial charge in [-0.1, -0.05) is 6.42 Å². The number of hydrogen-bond acceptors (Lipinski definition) is 7. The van der Waals surface area contributed by atoms with Crippen LogP contribution in [0, 0.1) is 0 Å². The van der Waals surface area contributed by atoms with E-state index in [1.807, 2.05) is 11.8 Å². The van der Waals surface area contributed by atoms with Gasteiger partial charge in [0.15, 0.2) is 12.4 Å². The minimum absolute atomic E-state index is 0.0181. The van der Waals surface area contributed by atoms with Crippen molar-refractivity contribution in [2.45, 2.75) is 37.5 Å². The number of carbonyl (C=O) groups is 2. The SMILES string of the molecule is CCOc1ccc(C(=O)COC(=O)c2ccc3c(c2)S(=O)(=O)N=C2CCCCCN23)cc1. The molecule has 0 saturated carbocycles. The van der Waals surface area contributed by atoms with Gasteiger partial charge in [0.1, 0.15) is 16.5 Å². The van der Waals surface area contributed by atoms with Crippen LogP contribution in [0.5, 0.6) is 5.75 Å². The number of carbonyl (C=O) groups excluding carboxylic acids is 2. The highest BCUT2D eigenvalue weighted by molar-refractivity contribution is 7.90. The van der Waals surface area contributed by atoms with Crippen LogP contribution in [0.3, 0.4) is 0 Å². The summed E-state index contributed by atoms with van der Waals surface area (Å²) < 4.78 is 39.9. The predicted molar refractivity (Wildman–Crippen MR) is 119 cm³/mol. The zero-order chi connectivity index (χ0) is 22.7. The molecule has 1 saturated heterocycles. The molecular formula is C23H24N2O6S. The highest BCUT2D eigenvalue weighted by Crippen LogP contribution is 2.35. The second-order valence-corrected chi connectivity index (χ2v) is 9.16. The molecule has 0 amide bonds. The lowest BCUT2D eigenvalue weighted by Crippen LogP contribution is -2.35. The van der Waals surface area contributed by atoms with Crippen LogP contribution < -0.4 is 9.64 Å². The second kappa shape index (κ2) is 9.12. The number of hydrogen-bond donors (Lipinski definition) is 0. The highest BCUT2D eigenvalue weighted by atomic mass is 32.2. The van der Waals surface area contributed by atoms with Crippen LogP contribution in [0.15, 0.2) is 51.8 Å². The van der Waals surface area contributed by atoms with Crippen LogP contribution in [-0.2, 0) is 14.8 Å². The summed E-state index contributed by atoms with van der Waals surface area (Å²) in [5.41, 5.74) is 0.969. The van der Waals surface area contributed by atoms with Crippen molar-refractivity contribution in [3.8, 4) is 5.75 Å². The zero-order valence-corrected chi connectivity index (χ0v) is 18.6. The molecule has 9 heteroatoms. The van der Waals surface area contributed by atoms with Gasteiger partial charge in [0.25, 0.3) is 10.0 Å². The Labute approximate surface area is 186 Å². The number of sulfonamides is 1. The van der Waals surface area contributed by atoms with Crippen molar-refractivity contribution < 1.29 is 27.5 Å². The van der Waals surface area contributed by atoms with E-state index in [4.69, 9.17) is 9.47 Å². The van der Waals surface area contributed by atoms with Crippen LogP contribution in [0.4, 0.5) is 5.69 Å². The van der Waals surface area contributed by atoms with Crippen molar-refractivity contribution in [2.24, 2.45) is 4.40 Å². The third-order valence-electron chi connectivity index (χ3n) is 5.41. The summed E-state index contributed by atoms with van der Waals surface area (Å²) in [5.74, 6) is 0.0523. The summed E-state index contributed by atoms with van der Waals surface area (Å²) in [6.07, 6.45) is 3.46. The minimum atomic E-state index is -3.91. The van der Waals surface area contributed by atoms with Crippen molar-refractivity contribution in [3.63, 3.8) is 0 Å². The van der Waals surface area contributed by atoms with Gasteiger partial charge in [0, 0.05) is 18.5 Å². The van der Waals surface area contributed by atoms with Gasteiger partial charge in [0.05, 0.1) is 17.9 Å². The zero-order valence-electron chi connectivity index (χ0n) is 17.7. The van der Waals surface area contributed by atoms with Crippen molar-refractivity contribution >= 4 is 33.3 Å². The van der Waals surface area contributed by atoms with Gasteiger partial charge < -0.3 is 14.4 Å². The topological polar surface area (TPSA) is 102 Å². The van der Waals surface area contributed by atoms with E-state index in [9.17, 15) is 18.0 Å². The van der Waals surface area contributed by atoms with Gasteiger partial charge in [-0.3, -0.25) is 4.79 Å². The number of nitrogens with zero attached hydrogens (tertiary/aromatic N) is 2. The maximum atomic E-state index is 12.7. The fourth-order valence-corrected chi connectivity index (χ4v) is 5.09. The molecule has 0 atom stereocenters. The summed E-state index contributed by atoms with van der Waals surface area (Å²) in [6.45, 7) is 2.61. The molecule has 0 N–H and O–H groups in total. The lowest BCUT2D eigenvalue weighted by Gasteiger charge is -2.29.